The lowest BCUT2D eigenvalue weighted by Gasteiger charge is -2.38. The molecule has 0 spiro atoms. The lowest BCUT2D eigenvalue weighted by molar-refractivity contribution is 0.112. The first-order valence-corrected chi connectivity index (χ1v) is 6.21. The summed E-state index contributed by atoms with van der Waals surface area (Å²) < 4.78 is 14.7. The molecule has 1 aromatic rings. The molecule has 4 heteroatoms. The van der Waals surface area contributed by atoms with Gasteiger partial charge in [-0.05, 0) is 32.3 Å². The van der Waals surface area contributed by atoms with Gasteiger partial charge in [0.15, 0.2) is 0 Å². The highest BCUT2D eigenvalue weighted by molar-refractivity contribution is 9.10. The number of benzene rings is 1. The average Bonchev–Trinajstić information content (AvgIpc) is 2.25. The SMILES string of the molecule is CN1CCN(C)C(c2cc(Br)ccc2F)C1. The summed E-state index contributed by atoms with van der Waals surface area (Å²) in [7, 11) is 4.13. The van der Waals surface area contributed by atoms with Gasteiger partial charge in [-0.25, -0.2) is 4.39 Å². The van der Waals surface area contributed by atoms with Crippen molar-refractivity contribution in [3.8, 4) is 0 Å². The zero-order chi connectivity index (χ0) is 11.7. The van der Waals surface area contributed by atoms with Crippen molar-refractivity contribution in [3.05, 3.63) is 34.1 Å². The van der Waals surface area contributed by atoms with Gasteiger partial charge in [-0.3, -0.25) is 4.90 Å². The number of rotatable bonds is 1. The van der Waals surface area contributed by atoms with E-state index in [0.29, 0.717) is 0 Å². The summed E-state index contributed by atoms with van der Waals surface area (Å²) in [5.74, 6) is -0.115. The van der Waals surface area contributed by atoms with Crippen LogP contribution in [0.1, 0.15) is 11.6 Å². The van der Waals surface area contributed by atoms with Gasteiger partial charge in [-0.2, -0.15) is 0 Å². The van der Waals surface area contributed by atoms with Crippen LogP contribution in [-0.2, 0) is 0 Å². The van der Waals surface area contributed by atoms with Crippen molar-refractivity contribution in [1.29, 1.82) is 0 Å². The Morgan fingerprint density at radius 2 is 2.06 bits per heavy atom. The van der Waals surface area contributed by atoms with Gasteiger partial charge in [0.25, 0.3) is 0 Å². The second-order valence-corrected chi connectivity index (χ2v) is 5.34. The number of hydrogen-bond donors (Lipinski definition) is 0. The first-order chi connectivity index (χ1) is 7.58. The van der Waals surface area contributed by atoms with E-state index >= 15 is 0 Å². The highest BCUT2D eigenvalue weighted by Gasteiger charge is 2.25. The summed E-state index contributed by atoms with van der Waals surface area (Å²) in [5, 5.41) is 0. The van der Waals surface area contributed by atoms with E-state index in [-0.39, 0.29) is 11.9 Å². The van der Waals surface area contributed by atoms with Crippen molar-refractivity contribution in [2.45, 2.75) is 6.04 Å². The molecular formula is C12H16BrFN2. The number of likely N-dealkylation sites (N-methyl/N-ethyl adjacent to an activating group) is 2. The molecule has 0 aliphatic carbocycles. The van der Waals surface area contributed by atoms with E-state index in [1.807, 2.05) is 6.07 Å². The Bertz CT molecular complexity index is 383. The van der Waals surface area contributed by atoms with Gasteiger partial charge in [-0.1, -0.05) is 15.9 Å². The Morgan fingerprint density at radius 1 is 1.31 bits per heavy atom. The van der Waals surface area contributed by atoms with Gasteiger partial charge in [0.2, 0.25) is 0 Å². The van der Waals surface area contributed by atoms with Crippen LogP contribution in [0, 0.1) is 5.82 Å². The van der Waals surface area contributed by atoms with E-state index in [1.54, 1.807) is 6.07 Å². The van der Waals surface area contributed by atoms with E-state index < -0.39 is 0 Å². The summed E-state index contributed by atoms with van der Waals surface area (Å²) in [6.07, 6.45) is 0. The van der Waals surface area contributed by atoms with Crippen molar-refractivity contribution in [3.63, 3.8) is 0 Å². The molecule has 0 radical (unpaired) electrons. The van der Waals surface area contributed by atoms with E-state index in [2.05, 4.69) is 39.8 Å². The fourth-order valence-corrected chi connectivity index (χ4v) is 2.49. The Balaban J connectivity index is 2.30. The molecule has 1 atom stereocenters. The van der Waals surface area contributed by atoms with Crippen molar-refractivity contribution in [2.24, 2.45) is 0 Å². The molecule has 1 aromatic carbocycles. The third-order valence-electron chi connectivity index (χ3n) is 3.17. The molecule has 0 N–H and O–H groups in total. The monoisotopic (exact) mass is 286 g/mol. The minimum Gasteiger partial charge on any atom is -0.303 e. The van der Waals surface area contributed by atoms with Crippen LogP contribution in [0.3, 0.4) is 0 Å². The van der Waals surface area contributed by atoms with Crippen molar-refractivity contribution < 1.29 is 4.39 Å². The van der Waals surface area contributed by atoms with Gasteiger partial charge >= 0.3 is 0 Å². The predicted octanol–water partition coefficient (Wildman–Crippen LogP) is 2.51. The first kappa shape index (κ1) is 12.0. The normalized spacial score (nSPS) is 23.6. The van der Waals surface area contributed by atoms with Gasteiger partial charge in [0.1, 0.15) is 5.82 Å². The second kappa shape index (κ2) is 4.82. The van der Waals surface area contributed by atoms with Crippen molar-refractivity contribution in [2.75, 3.05) is 33.7 Å². The Labute approximate surface area is 104 Å². The lowest BCUT2D eigenvalue weighted by atomic mass is 10.0. The van der Waals surface area contributed by atoms with Crippen LogP contribution in [0.5, 0.6) is 0 Å². The molecule has 88 valence electrons. The van der Waals surface area contributed by atoms with E-state index in [4.69, 9.17) is 0 Å². The molecule has 2 rings (SSSR count). The zero-order valence-corrected chi connectivity index (χ0v) is 11.2. The Morgan fingerprint density at radius 3 is 2.81 bits per heavy atom. The molecule has 1 aliphatic rings. The molecular weight excluding hydrogens is 271 g/mol. The lowest BCUT2D eigenvalue weighted by Crippen LogP contribution is -2.45. The second-order valence-electron chi connectivity index (χ2n) is 4.42. The topological polar surface area (TPSA) is 6.48 Å². The third kappa shape index (κ3) is 2.44. The summed E-state index contributed by atoms with van der Waals surface area (Å²) in [6.45, 7) is 2.90. The van der Waals surface area contributed by atoms with Crippen LogP contribution in [0.4, 0.5) is 4.39 Å². The summed E-state index contributed by atoms with van der Waals surface area (Å²) in [4.78, 5) is 4.45. The third-order valence-corrected chi connectivity index (χ3v) is 3.66. The van der Waals surface area contributed by atoms with Gasteiger partial charge < -0.3 is 4.90 Å². The quantitative estimate of drug-likeness (QED) is 0.783. The fourth-order valence-electron chi connectivity index (χ4n) is 2.12. The van der Waals surface area contributed by atoms with Crippen molar-refractivity contribution in [1.82, 2.24) is 9.80 Å². The molecule has 1 saturated heterocycles. The standard InChI is InChI=1S/C12H16BrFN2/c1-15-5-6-16(2)12(8-15)10-7-9(13)3-4-11(10)14/h3-4,7,12H,5-6,8H2,1-2H3. The summed E-state index contributed by atoms with van der Waals surface area (Å²) in [5.41, 5.74) is 0.781. The van der Waals surface area contributed by atoms with E-state index in [0.717, 1.165) is 29.7 Å². The molecule has 0 aromatic heterocycles. The number of piperazine rings is 1. The molecule has 1 heterocycles. The van der Waals surface area contributed by atoms with Crippen LogP contribution in [0.2, 0.25) is 0 Å². The molecule has 2 nitrogen and oxygen atoms in total. The Hall–Kier alpha value is -0.450. The summed E-state index contributed by atoms with van der Waals surface area (Å²) >= 11 is 3.40. The number of halogens is 2. The van der Waals surface area contributed by atoms with E-state index in [9.17, 15) is 4.39 Å². The predicted molar refractivity (Wildman–Crippen MR) is 67.0 cm³/mol. The van der Waals surface area contributed by atoms with Gasteiger partial charge in [0, 0.05) is 29.7 Å². The number of hydrogen-bond acceptors (Lipinski definition) is 2. The van der Waals surface area contributed by atoms with Gasteiger partial charge in [-0.15, -0.1) is 0 Å². The van der Waals surface area contributed by atoms with Crippen LogP contribution in [0.15, 0.2) is 22.7 Å². The van der Waals surface area contributed by atoms with Crippen LogP contribution in [0.25, 0.3) is 0 Å². The summed E-state index contributed by atoms with van der Waals surface area (Å²) in [6, 6.07) is 5.30. The molecule has 0 bridgehead atoms. The first-order valence-electron chi connectivity index (χ1n) is 5.41. The minimum absolute atomic E-state index is 0.115. The minimum atomic E-state index is -0.115. The fraction of sp³-hybridized carbons (Fsp3) is 0.500. The molecule has 0 amide bonds. The maximum absolute atomic E-state index is 13.8. The maximum atomic E-state index is 13.8. The van der Waals surface area contributed by atoms with Crippen LogP contribution >= 0.6 is 15.9 Å². The average molecular weight is 287 g/mol. The zero-order valence-electron chi connectivity index (χ0n) is 9.58. The smallest absolute Gasteiger partial charge is 0.128 e. The highest BCUT2D eigenvalue weighted by Crippen LogP contribution is 2.27. The molecule has 16 heavy (non-hydrogen) atoms. The van der Waals surface area contributed by atoms with Crippen LogP contribution in [-0.4, -0.2) is 43.5 Å². The van der Waals surface area contributed by atoms with Crippen molar-refractivity contribution >= 4 is 15.9 Å². The molecule has 1 fully saturated rings. The molecule has 1 unspecified atom stereocenters. The Kier molecular flexibility index (Phi) is 3.62. The molecule has 1 aliphatic heterocycles. The highest BCUT2D eigenvalue weighted by atomic mass is 79.9. The number of nitrogens with zero attached hydrogens (tertiary/aromatic N) is 2. The van der Waals surface area contributed by atoms with E-state index in [1.165, 1.54) is 6.07 Å². The van der Waals surface area contributed by atoms with Crippen LogP contribution < -0.4 is 0 Å². The largest absolute Gasteiger partial charge is 0.303 e. The van der Waals surface area contributed by atoms with Gasteiger partial charge in [0.05, 0.1) is 6.04 Å². The molecule has 0 saturated carbocycles. The maximum Gasteiger partial charge on any atom is 0.128 e.